The number of aromatic nitrogens is 1. The summed E-state index contributed by atoms with van der Waals surface area (Å²) in [4.78, 5) is 4.21. The fraction of sp³-hybridized carbons (Fsp3) is 0.421. The quantitative estimate of drug-likeness (QED) is 0.696. The third-order valence-corrected chi connectivity index (χ3v) is 4.99. The maximum absolute atomic E-state index is 6.13. The zero-order valence-electron chi connectivity index (χ0n) is 14.3. The zero-order chi connectivity index (χ0) is 17.3. The fourth-order valence-electron chi connectivity index (χ4n) is 3.05. The van der Waals surface area contributed by atoms with E-state index in [4.69, 9.17) is 15.2 Å². The van der Waals surface area contributed by atoms with Crippen molar-refractivity contribution in [2.75, 3.05) is 6.61 Å². The minimum atomic E-state index is -0.0164. The monoisotopic (exact) mass is 438 g/mol. The number of hydrogen-bond acceptors (Lipinski definition) is 4. The highest BCUT2D eigenvalue weighted by atomic mass is 127. The molecule has 0 saturated heterocycles. The summed E-state index contributed by atoms with van der Waals surface area (Å²) < 4.78 is 13.1. The summed E-state index contributed by atoms with van der Waals surface area (Å²) >= 11 is 2.31. The first kappa shape index (κ1) is 17.5. The third-order valence-electron chi connectivity index (χ3n) is 4.14. The lowest BCUT2D eigenvalue weighted by atomic mass is 9.95. The summed E-state index contributed by atoms with van der Waals surface area (Å²) in [6.45, 7) is 6.90. The molecule has 1 unspecified atom stereocenters. The molecule has 1 aliphatic rings. The second-order valence-corrected chi connectivity index (χ2v) is 7.86. The lowest BCUT2D eigenvalue weighted by Crippen LogP contribution is -2.29. The van der Waals surface area contributed by atoms with Crippen molar-refractivity contribution in [1.82, 2.24) is 4.98 Å². The number of hydrogen-bond donors (Lipinski definition) is 1. The lowest BCUT2D eigenvalue weighted by molar-refractivity contribution is 0.219. The van der Waals surface area contributed by atoms with Crippen LogP contribution in [0.5, 0.6) is 11.5 Å². The van der Waals surface area contributed by atoms with Crippen LogP contribution in [0.3, 0.4) is 0 Å². The molecule has 0 fully saturated rings. The van der Waals surface area contributed by atoms with Crippen LogP contribution in [0, 0.1) is 9.49 Å². The SMILES string of the molecule is CC(C)C[C@H](N)COc1cc2c(cc1I)-c1ccncc1C(C)O2. The lowest BCUT2D eigenvalue weighted by Gasteiger charge is -2.27. The molecule has 5 heteroatoms. The fourth-order valence-corrected chi connectivity index (χ4v) is 3.68. The van der Waals surface area contributed by atoms with Crippen LogP contribution in [0.15, 0.2) is 30.6 Å². The van der Waals surface area contributed by atoms with Gasteiger partial charge in [0.25, 0.3) is 0 Å². The van der Waals surface area contributed by atoms with Gasteiger partial charge < -0.3 is 15.2 Å². The van der Waals surface area contributed by atoms with Crippen LogP contribution in [0.25, 0.3) is 11.1 Å². The maximum Gasteiger partial charge on any atom is 0.136 e. The number of pyridine rings is 1. The molecule has 0 amide bonds. The molecular weight excluding hydrogens is 415 g/mol. The number of benzene rings is 1. The van der Waals surface area contributed by atoms with Crippen molar-refractivity contribution in [2.45, 2.75) is 39.3 Å². The highest BCUT2D eigenvalue weighted by Crippen LogP contribution is 2.44. The van der Waals surface area contributed by atoms with Gasteiger partial charge >= 0.3 is 0 Å². The molecule has 1 aromatic heterocycles. The molecule has 2 atom stereocenters. The molecule has 1 aliphatic heterocycles. The van der Waals surface area contributed by atoms with Gasteiger partial charge in [0.2, 0.25) is 0 Å². The number of nitrogens with zero attached hydrogens (tertiary/aromatic N) is 1. The highest BCUT2D eigenvalue weighted by Gasteiger charge is 2.24. The van der Waals surface area contributed by atoms with Gasteiger partial charge in [-0.2, -0.15) is 0 Å². The van der Waals surface area contributed by atoms with Gasteiger partial charge in [0, 0.05) is 35.6 Å². The van der Waals surface area contributed by atoms with Crippen molar-refractivity contribution in [1.29, 1.82) is 0 Å². The predicted molar refractivity (Wildman–Crippen MR) is 104 cm³/mol. The van der Waals surface area contributed by atoms with E-state index in [2.05, 4.69) is 47.5 Å². The Labute approximate surface area is 156 Å². The number of fused-ring (bicyclic) bond motifs is 3. The van der Waals surface area contributed by atoms with E-state index >= 15 is 0 Å². The molecule has 0 bridgehead atoms. The first-order valence-corrected chi connectivity index (χ1v) is 9.36. The van der Waals surface area contributed by atoms with Gasteiger partial charge in [0.05, 0.1) is 3.57 Å². The van der Waals surface area contributed by atoms with E-state index in [0.29, 0.717) is 12.5 Å². The van der Waals surface area contributed by atoms with E-state index < -0.39 is 0 Å². The average molecular weight is 438 g/mol. The summed E-state index contributed by atoms with van der Waals surface area (Å²) in [6, 6.07) is 6.19. The number of halogens is 1. The minimum Gasteiger partial charge on any atom is -0.491 e. The van der Waals surface area contributed by atoms with Crippen molar-refractivity contribution < 1.29 is 9.47 Å². The Morgan fingerprint density at radius 3 is 2.88 bits per heavy atom. The van der Waals surface area contributed by atoms with Crippen LogP contribution in [0.2, 0.25) is 0 Å². The smallest absolute Gasteiger partial charge is 0.136 e. The summed E-state index contributed by atoms with van der Waals surface area (Å²) in [5.74, 6) is 2.26. The van der Waals surface area contributed by atoms with Gasteiger partial charge in [-0.25, -0.2) is 0 Å². The second-order valence-electron chi connectivity index (χ2n) is 6.70. The number of nitrogens with two attached hydrogens (primary N) is 1. The number of rotatable bonds is 5. The second kappa shape index (κ2) is 7.27. The van der Waals surface area contributed by atoms with Crippen LogP contribution in [0.4, 0.5) is 0 Å². The molecule has 2 aromatic rings. The van der Waals surface area contributed by atoms with Crippen molar-refractivity contribution >= 4 is 22.6 Å². The van der Waals surface area contributed by atoms with E-state index in [1.807, 2.05) is 31.5 Å². The Bertz CT molecular complexity index is 733. The summed E-state index contributed by atoms with van der Waals surface area (Å²) in [5.41, 5.74) is 9.52. The van der Waals surface area contributed by atoms with Crippen LogP contribution in [-0.2, 0) is 0 Å². The largest absolute Gasteiger partial charge is 0.491 e. The first-order chi connectivity index (χ1) is 11.5. The molecular formula is C19H23IN2O2. The third kappa shape index (κ3) is 3.67. The highest BCUT2D eigenvalue weighted by molar-refractivity contribution is 14.1. The summed E-state index contributed by atoms with van der Waals surface area (Å²) in [5, 5.41) is 0. The van der Waals surface area contributed by atoms with Crippen molar-refractivity contribution in [3.63, 3.8) is 0 Å². The van der Waals surface area contributed by atoms with Crippen molar-refractivity contribution in [2.24, 2.45) is 11.7 Å². The standard InChI is InChI=1S/C19H23IN2O2/c1-11(2)6-13(21)10-23-19-8-18-15(7-17(19)20)14-4-5-22-9-16(14)12(3)24-18/h4-5,7-9,11-13H,6,10,21H2,1-3H3/t12?,13-/m0/s1. The van der Waals surface area contributed by atoms with Gasteiger partial charge in [0.15, 0.2) is 0 Å². The summed E-state index contributed by atoms with van der Waals surface area (Å²) in [6.07, 6.45) is 4.64. The van der Waals surface area contributed by atoms with Gasteiger partial charge in [-0.3, -0.25) is 4.98 Å². The number of ether oxygens (including phenoxy) is 2. The molecule has 24 heavy (non-hydrogen) atoms. The van der Waals surface area contributed by atoms with E-state index in [0.717, 1.165) is 32.6 Å². The Morgan fingerprint density at radius 2 is 2.12 bits per heavy atom. The first-order valence-electron chi connectivity index (χ1n) is 8.28. The van der Waals surface area contributed by atoms with Gasteiger partial charge in [-0.05, 0) is 59.5 Å². The van der Waals surface area contributed by atoms with Gasteiger partial charge in [-0.1, -0.05) is 13.8 Å². The van der Waals surface area contributed by atoms with Crippen molar-refractivity contribution in [3.8, 4) is 22.6 Å². The zero-order valence-corrected chi connectivity index (χ0v) is 16.4. The van der Waals surface area contributed by atoms with Crippen molar-refractivity contribution in [3.05, 3.63) is 39.7 Å². The maximum atomic E-state index is 6.13. The Morgan fingerprint density at radius 1 is 1.33 bits per heavy atom. The van der Waals surface area contributed by atoms with E-state index in [-0.39, 0.29) is 12.1 Å². The van der Waals surface area contributed by atoms with Gasteiger partial charge in [0.1, 0.15) is 24.2 Å². The molecule has 0 aliphatic carbocycles. The molecule has 1 aromatic carbocycles. The van der Waals surface area contributed by atoms with E-state index in [1.54, 1.807) is 0 Å². The Balaban J connectivity index is 1.85. The van der Waals surface area contributed by atoms with E-state index in [9.17, 15) is 0 Å². The minimum absolute atomic E-state index is 0.0164. The van der Waals surface area contributed by atoms with Crippen LogP contribution < -0.4 is 15.2 Å². The Kier molecular flexibility index (Phi) is 5.30. The summed E-state index contributed by atoms with van der Waals surface area (Å²) in [7, 11) is 0. The topological polar surface area (TPSA) is 57.4 Å². The molecule has 0 radical (unpaired) electrons. The molecule has 0 saturated carbocycles. The molecule has 4 nitrogen and oxygen atoms in total. The van der Waals surface area contributed by atoms with E-state index in [1.165, 1.54) is 5.56 Å². The van der Waals surface area contributed by atoms with Crippen LogP contribution in [0.1, 0.15) is 38.9 Å². The predicted octanol–water partition coefficient (Wildman–Crippen LogP) is 4.56. The average Bonchev–Trinajstić information content (AvgIpc) is 2.53. The van der Waals surface area contributed by atoms with Gasteiger partial charge in [-0.15, -0.1) is 0 Å². The molecule has 2 N–H and O–H groups in total. The molecule has 3 rings (SSSR count). The molecule has 0 spiro atoms. The normalized spacial score (nSPS) is 17.0. The molecule has 2 heterocycles. The van der Waals surface area contributed by atoms with Crippen LogP contribution in [-0.4, -0.2) is 17.6 Å². The molecule has 128 valence electrons. The Hall–Kier alpha value is -1.34. The van der Waals surface area contributed by atoms with Crippen LogP contribution >= 0.6 is 22.6 Å².